The minimum Gasteiger partial charge on any atom is -0.460 e. The van der Waals surface area contributed by atoms with Crippen LogP contribution >= 0.6 is 0 Å². The summed E-state index contributed by atoms with van der Waals surface area (Å²) in [6.45, 7) is 4.17. The molecule has 0 aliphatic heterocycles. The molecule has 115 valence electrons. The molecule has 1 aromatic carbocycles. The topological polar surface area (TPSA) is 55.8 Å². The predicted molar refractivity (Wildman–Crippen MR) is 83.6 cm³/mol. The summed E-state index contributed by atoms with van der Waals surface area (Å²) >= 11 is 0. The van der Waals surface area contributed by atoms with Crippen LogP contribution in [-0.4, -0.2) is 43.7 Å². The number of carbonyl (C=O) groups excluding carboxylic acids is 1. The highest BCUT2D eigenvalue weighted by atomic mass is 16.6. The number of aliphatic hydroxyl groups excluding tert-OH is 1. The molecule has 0 aliphatic carbocycles. The molecule has 0 aromatic heterocycles. The van der Waals surface area contributed by atoms with Crippen molar-refractivity contribution in [3.63, 3.8) is 0 Å². The van der Waals surface area contributed by atoms with Crippen molar-refractivity contribution in [2.75, 3.05) is 13.2 Å². The van der Waals surface area contributed by atoms with E-state index in [0.717, 1.165) is 19.2 Å². The number of ether oxygens (including phenoxy) is 2. The fourth-order valence-corrected chi connectivity index (χ4v) is 1.85. The van der Waals surface area contributed by atoms with Gasteiger partial charge in [-0.25, -0.2) is 4.79 Å². The van der Waals surface area contributed by atoms with Crippen molar-refractivity contribution in [2.45, 2.75) is 45.1 Å². The largest absolute Gasteiger partial charge is 0.460 e. The van der Waals surface area contributed by atoms with Gasteiger partial charge in [-0.2, -0.15) is 0 Å². The zero-order chi connectivity index (χ0) is 15.5. The summed E-state index contributed by atoms with van der Waals surface area (Å²) < 4.78 is 11.1. The molecule has 0 amide bonds. The maximum atomic E-state index is 11.9. The Morgan fingerprint density at radius 3 is 2.57 bits per heavy atom. The van der Waals surface area contributed by atoms with Gasteiger partial charge in [0.15, 0.2) is 7.28 Å². The van der Waals surface area contributed by atoms with Crippen LogP contribution in [0.15, 0.2) is 30.3 Å². The lowest BCUT2D eigenvalue weighted by atomic mass is 9.67. The number of hydrogen-bond acceptors (Lipinski definition) is 4. The lowest BCUT2D eigenvalue weighted by Crippen LogP contribution is -2.33. The van der Waals surface area contributed by atoms with Gasteiger partial charge in [0.2, 0.25) is 0 Å². The van der Waals surface area contributed by atoms with E-state index in [0.29, 0.717) is 5.56 Å². The lowest BCUT2D eigenvalue weighted by Gasteiger charge is -2.22. The molecule has 0 unspecified atom stereocenters. The Morgan fingerprint density at radius 1 is 1.29 bits per heavy atom. The standard InChI is InChI=1S/C16H24BO4/c1-3-10-17-15(21-14(4-2)11-18)12-20-16(19)13-8-6-5-7-9-13/h5-9,14-15,18H,3-4,10-12H2,1-2H3/t14-,15-/m1/s1. The number of aliphatic hydroxyl groups is 1. The van der Waals surface area contributed by atoms with Gasteiger partial charge in [-0.15, -0.1) is 0 Å². The number of esters is 1. The van der Waals surface area contributed by atoms with Crippen LogP contribution in [0.3, 0.4) is 0 Å². The van der Waals surface area contributed by atoms with E-state index in [1.165, 1.54) is 0 Å². The molecular formula is C16H24BO4. The minimum absolute atomic E-state index is 0.0282. The van der Waals surface area contributed by atoms with Crippen molar-refractivity contribution < 1.29 is 19.4 Å². The Morgan fingerprint density at radius 2 is 2.00 bits per heavy atom. The van der Waals surface area contributed by atoms with Crippen LogP contribution in [0.25, 0.3) is 0 Å². The van der Waals surface area contributed by atoms with Gasteiger partial charge in [0.1, 0.15) is 6.61 Å². The normalized spacial score (nSPS) is 13.5. The summed E-state index contributed by atoms with van der Waals surface area (Å²) in [5, 5.41) is 9.21. The van der Waals surface area contributed by atoms with Crippen molar-refractivity contribution in [3.05, 3.63) is 35.9 Å². The highest BCUT2D eigenvalue weighted by Gasteiger charge is 2.18. The summed E-state index contributed by atoms with van der Waals surface area (Å²) in [4.78, 5) is 11.9. The first kappa shape index (κ1) is 17.7. The summed E-state index contributed by atoms with van der Waals surface area (Å²) in [6, 6.07) is 8.60. The average molecular weight is 291 g/mol. The molecule has 0 bridgehead atoms. The molecule has 21 heavy (non-hydrogen) atoms. The smallest absolute Gasteiger partial charge is 0.338 e. The van der Waals surface area contributed by atoms with Gasteiger partial charge in [0.25, 0.3) is 0 Å². The lowest BCUT2D eigenvalue weighted by molar-refractivity contribution is -0.0344. The minimum atomic E-state index is -0.355. The molecule has 4 nitrogen and oxygen atoms in total. The van der Waals surface area contributed by atoms with Crippen LogP contribution in [0, 0.1) is 0 Å². The molecule has 0 spiro atoms. The van der Waals surface area contributed by atoms with Crippen LogP contribution in [0.4, 0.5) is 0 Å². The predicted octanol–water partition coefficient (Wildman–Crippen LogP) is 2.49. The Hall–Kier alpha value is -1.33. The number of benzene rings is 1. The van der Waals surface area contributed by atoms with Crippen LogP contribution in [0.2, 0.25) is 6.32 Å². The molecule has 5 heteroatoms. The Balaban J connectivity index is 2.50. The van der Waals surface area contributed by atoms with E-state index in [-0.39, 0.29) is 31.3 Å². The molecular weight excluding hydrogens is 267 g/mol. The van der Waals surface area contributed by atoms with Crippen LogP contribution in [0.5, 0.6) is 0 Å². The van der Waals surface area contributed by atoms with Crippen LogP contribution < -0.4 is 0 Å². The van der Waals surface area contributed by atoms with Crippen molar-refractivity contribution in [1.29, 1.82) is 0 Å². The molecule has 0 saturated heterocycles. The average Bonchev–Trinajstić information content (AvgIpc) is 2.54. The van der Waals surface area contributed by atoms with Crippen LogP contribution in [-0.2, 0) is 9.47 Å². The Labute approximate surface area is 127 Å². The van der Waals surface area contributed by atoms with Crippen molar-refractivity contribution in [2.24, 2.45) is 0 Å². The monoisotopic (exact) mass is 291 g/mol. The zero-order valence-corrected chi connectivity index (χ0v) is 12.8. The maximum Gasteiger partial charge on any atom is 0.338 e. The van der Waals surface area contributed by atoms with Gasteiger partial charge in [-0.05, 0) is 18.6 Å². The third-order valence-corrected chi connectivity index (χ3v) is 3.13. The molecule has 2 atom stereocenters. The van der Waals surface area contributed by atoms with Crippen LogP contribution in [0.1, 0.15) is 37.0 Å². The number of hydrogen-bond donors (Lipinski definition) is 1. The summed E-state index contributed by atoms with van der Waals surface area (Å²) in [5.41, 5.74) is 0.529. The molecule has 1 N–H and O–H groups in total. The first-order valence-electron chi connectivity index (χ1n) is 7.53. The van der Waals surface area contributed by atoms with Gasteiger partial charge >= 0.3 is 5.97 Å². The first-order chi connectivity index (χ1) is 10.2. The Bertz CT molecular complexity index is 393. The van der Waals surface area contributed by atoms with E-state index >= 15 is 0 Å². The van der Waals surface area contributed by atoms with Gasteiger partial charge < -0.3 is 14.6 Å². The molecule has 0 fully saturated rings. The molecule has 1 radical (unpaired) electrons. The fourth-order valence-electron chi connectivity index (χ4n) is 1.85. The summed E-state index contributed by atoms with van der Waals surface area (Å²) in [7, 11) is 2.00. The molecule has 0 aliphatic rings. The van der Waals surface area contributed by atoms with E-state index in [1.54, 1.807) is 24.3 Å². The van der Waals surface area contributed by atoms with Gasteiger partial charge in [-0.3, -0.25) is 0 Å². The summed E-state index contributed by atoms with van der Waals surface area (Å²) in [5.74, 6) is -0.355. The highest BCUT2D eigenvalue weighted by Crippen LogP contribution is 2.07. The van der Waals surface area contributed by atoms with E-state index in [1.807, 2.05) is 20.3 Å². The molecule has 1 aromatic rings. The van der Waals surface area contributed by atoms with E-state index < -0.39 is 0 Å². The second-order valence-corrected chi connectivity index (χ2v) is 4.88. The van der Waals surface area contributed by atoms with Crippen molar-refractivity contribution >= 4 is 13.2 Å². The Kier molecular flexibility index (Phi) is 8.79. The van der Waals surface area contributed by atoms with Gasteiger partial charge in [0, 0.05) is 0 Å². The molecule has 0 saturated carbocycles. The third kappa shape index (κ3) is 6.78. The van der Waals surface area contributed by atoms with Crippen molar-refractivity contribution in [3.8, 4) is 0 Å². The van der Waals surface area contributed by atoms with Gasteiger partial charge in [0.05, 0.1) is 24.3 Å². The third-order valence-electron chi connectivity index (χ3n) is 3.13. The second-order valence-electron chi connectivity index (χ2n) is 4.88. The maximum absolute atomic E-state index is 11.9. The van der Waals surface area contributed by atoms with Crippen molar-refractivity contribution in [1.82, 2.24) is 0 Å². The summed E-state index contributed by atoms with van der Waals surface area (Å²) in [6.07, 6.45) is 2.38. The molecule has 1 rings (SSSR count). The zero-order valence-electron chi connectivity index (χ0n) is 12.8. The fraction of sp³-hybridized carbons (Fsp3) is 0.562. The quantitative estimate of drug-likeness (QED) is 0.531. The van der Waals surface area contributed by atoms with E-state index in [2.05, 4.69) is 6.92 Å². The second kappa shape index (κ2) is 10.4. The SMILES string of the molecule is CCC[B][C@@H](COC(=O)c1ccccc1)O[C@H](CC)CO. The molecule has 0 heterocycles. The first-order valence-corrected chi connectivity index (χ1v) is 7.53. The van der Waals surface area contributed by atoms with Gasteiger partial charge in [-0.1, -0.05) is 44.8 Å². The van der Waals surface area contributed by atoms with E-state index in [4.69, 9.17) is 9.47 Å². The number of carbonyl (C=O) groups is 1. The van der Waals surface area contributed by atoms with E-state index in [9.17, 15) is 9.90 Å². The number of rotatable bonds is 10. The highest BCUT2D eigenvalue weighted by molar-refractivity contribution is 6.37.